The third-order valence-corrected chi connectivity index (χ3v) is 3.57. The highest BCUT2D eigenvalue weighted by Gasteiger charge is 2.14. The van der Waals surface area contributed by atoms with E-state index in [2.05, 4.69) is 15.7 Å². The highest BCUT2D eigenvalue weighted by Crippen LogP contribution is 2.15. The second kappa shape index (κ2) is 6.54. The first-order valence-corrected chi connectivity index (χ1v) is 6.70. The molecule has 1 aromatic heterocycles. The molecule has 100 valence electrons. The first-order chi connectivity index (χ1) is 8.75. The number of carbonyl (C=O) groups excluding carboxylic acids is 1. The van der Waals surface area contributed by atoms with Crippen LogP contribution in [-0.2, 0) is 18.4 Å². The Balaban J connectivity index is 1.64. The molecule has 1 aromatic rings. The lowest BCUT2D eigenvalue weighted by Crippen LogP contribution is -2.31. The summed E-state index contributed by atoms with van der Waals surface area (Å²) in [6.07, 6.45) is 5.85. The van der Waals surface area contributed by atoms with Gasteiger partial charge in [0, 0.05) is 19.7 Å². The van der Waals surface area contributed by atoms with Crippen molar-refractivity contribution in [3.8, 4) is 0 Å². The second-order valence-electron chi connectivity index (χ2n) is 4.97. The zero-order valence-corrected chi connectivity index (χ0v) is 11.0. The maximum atomic E-state index is 11.7. The van der Waals surface area contributed by atoms with Gasteiger partial charge in [0.25, 0.3) is 0 Å². The molecule has 0 aromatic carbocycles. The smallest absolute Gasteiger partial charge is 0.220 e. The molecule has 2 rings (SSSR count). The zero-order chi connectivity index (χ0) is 12.8. The minimum Gasteiger partial charge on any atom is -0.350 e. The molecule has 18 heavy (non-hydrogen) atoms. The van der Waals surface area contributed by atoms with Crippen molar-refractivity contribution in [1.29, 1.82) is 0 Å². The van der Waals surface area contributed by atoms with Crippen LogP contribution in [-0.4, -0.2) is 28.8 Å². The molecule has 0 saturated carbocycles. The van der Waals surface area contributed by atoms with Crippen LogP contribution in [0, 0.1) is 5.92 Å². The Kier molecular flexibility index (Phi) is 4.75. The minimum atomic E-state index is 0.141. The summed E-state index contributed by atoms with van der Waals surface area (Å²) in [6, 6.07) is 1.92. The van der Waals surface area contributed by atoms with Crippen molar-refractivity contribution in [2.24, 2.45) is 13.0 Å². The Labute approximate surface area is 108 Å². The van der Waals surface area contributed by atoms with Gasteiger partial charge < -0.3 is 10.6 Å². The van der Waals surface area contributed by atoms with Gasteiger partial charge in [0.1, 0.15) is 0 Å². The van der Waals surface area contributed by atoms with Crippen LogP contribution in [0.3, 0.4) is 0 Å². The van der Waals surface area contributed by atoms with Crippen molar-refractivity contribution in [1.82, 2.24) is 20.4 Å². The van der Waals surface area contributed by atoms with Crippen LogP contribution >= 0.6 is 0 Å². The lowest BCUT2D eigenvalue weighted by molar-refractivity contribution is -0.121. The van der Waals surface area contributed by atoms with E-state index in [1.54, 1.807) is 10.9 Å². The van der Waals surface area contributed by atoms with Gasteiger partial charge in [-0.25, -0.2) is 0 Å². The van der Waals surface area contributed by atoms with Gasteiger partial charge in [0.15, 0.2) is 0 Å². The summed E-state index contributed by atoms with van der Waals surface area (Å²) >= 11 is 0. The predicted octanol–water partition coefficient (Wildman–Crippen LogP) is 0.816. The number of nitrogens with one attached hydrogen (secondary N) is 2. The van der Waals surface area contributed by atoms with E-state index < -0.39 is 0 Å². The van der Waals surface area contributed by atoms with Crippen molar-refractivity contribution >= 4 is 5.91 Å². The van der Waals surface area contributed by atoms with E-state index in [4.69, 9.17) is 0 Å². The summed E-state index contributed by atoms with van der Waals surface area (Å²) in [5.74, 6) is 0.808. The maximum Gasteiger partial charge on any atom is 0.220 e. The van der Waals surface area contributed by atoms with E-state index in [0.29, 0.717) is 18.9 Å². The average molecular weight is 250 g/mol. The Morgan fingerprint density at radius 1 is 1.67 bits per heavy atom. The summed E-state index contributed by atoms with van der Waals surface area (Å²) in [6.45, 7) is 2.76. The molecule has 1 aliphatic heterocycles. The Morgan fingerprint density at radius 3 is 3.22 bits per heavy atom. The summed E-state index contributed by atoms with van der Waals surface area (Å²) < 4.78 is 1.78. The van der Waals surface area contributed by atoms with Crippen LogP contribution in [0.5, 0.6) is 0 Å². The largest absolute Gasteiger partial charge is 0.350 e. The molecule has 2 heterocycles. The third kappa shape index (κ3) is 3.84. The normalized spacial score (nSPS) is 19.7. The number of amides is 1. The Hall–Kier alpha value is -1.36. The van der Waals surface area contributed by atoms with E-state index in [0.717, 1.165) is 25.2 Å². The van der Waals surface area contributed by atoms with Crippen LogP contribution in [0.4, 0.5) is 0 Å². The summed E-state index contributed by atoms with van der Waals surface area (Å²) in [7, 11) is 1.88. The highest BCUT2D eigenvalue weighted by atomic mass is 16.1. The molecule has 0 spiro atoms. The van der Waals surface area contributed by atoms with Crippen molar-refractivity contribution < 1.29 is 4.79 Å². The summed E-state index contributed by atoms with van der Waals surface area (Å²) in [5, 5.41) is 10.4. The lowest BCUT2D eigenvalue weighted by atomic mass is 9.94. The van der Waals surface area contributed by atoms with Gasteiger partial charge in [-0.15, -0.1) is 0 Å². The van der Waals surface area contributed by atoms with Crippen LogP contribution in [0.2, 0.25) is 0 Å². The lowest BCUT2D eigenvalue weighted by Gasteiger charge is -2.22. The molecular weight excluding hydrogens is 228 g/mol. The number of carbonyl (C=O) groups is 1. The van der Waals surface area contributed by atoms with E-state index in [9.17, 15) is 4.79 Å². The van der Waals surface area contributed by atoms with Crippen LogP contribution < -0.4 is 10.6 Å². The minimum absolute atomic E-state index is 0.141. The number of aryl methyl sites for hydroxylation is 1. The standard InChI is InChI=1S/C13H22N4O/c1-17-12(6-8-16-17)10-15-13(18)5-4-11-3-2-7-14-9-11/h6,8,11,14H,2-5,7,9-10H2,1H3,(H,15,18). The molecule has 1 amide bonds. The van der Waals surface area contributed by atoms with E-state index >= 15 is 0 Å². The highest BCUT2D eigenvalue weighted by molar-refractivity contribution is 5.75. The number of aromatic nitrogens is 2. The average Bonchev–Trinajstić information content (AvgIpc) is 2.81. The molecule has 1 unspecified atom stereocenters. The number of rotatable bonds is 5. The Bertz CT molecular complexity index is 382. The molecule has 1 atom stereocenters. The van der Waals surface area contributed by atoms with Gasteiger partial charge in [0.05, 0.1) is 12.2 Å². The third-order valence-electron chi connectivity index (χ3n) is 3.57. The molecule has 0 aliphatic carbocycles. The number of hydrogen-bond donors (Lipinski definition) is 2. The van der Waals surface area contributed by atoms with Crippen molar-refractivity contribution in [2.75, 3.05) is 13.1 Å². The van der Waals surface area contributed by atoms with Gasteiger partial charge in [-0.2, -0.15) is 5.10 Å². The van der Waals surface area contributed by atoms with E-state index in [1.807, 2.05) is 13.1 Å². The first-order valence-electron chi connectivity index (χ1n) is 6.70. The molecule has 2 N–H and O–H groups in total. The van der Waals surface area contributed by atoms with E-state index in [1.165, 1.54) is 12.8 Å². The Morgan fingerprint density at radius 2 is 2.56 bits per heavy atom. The fourth-order valence-corrected chi connectivity index (χ4v) is 2.36. The first kappa shape index (κ1) is 13.1. The van der Waals surface area contributed by atoms with Gasteiger partial charge in [0.2, 0.25) is 5.91 Å². The second-order valence-corrected chi connectivity index (χ2v) is 4.97. The van der Waals surface area contributed by atoms with Crippen LogP contribution in [0.25, 0.3) is 0 Å². The van der Waals surface area contributed by atoms with Crippen molar-refractivity contribution in [3.63, 3.8) is 0 Å². The fraction of sp³-hybridized carbons (Fsp3) is 0.692. The summed E-state index contributed by atoms with van der Waals surface area (Å²) in [5.41, 5.74) is 1.03. The molecule has 1 aliphatic rings. The molecule has 0 radical (unpaired) electrons. The van der Waals surface area contributed by atoms with Gasteiger partial charge >= 0.3 is 0 Å². The molecule has 5 heteroatoms. The summed E-state index contributed by atoms with van der Waals surface area (Å²) in [4.78, 5) is 11.7. The number of piperidine rings is 1. The SMILES string of the molecule is Cn1nccc1CNC(=O)CCC1CCCNC1. The zero-order valence-electron chi connectivity index (χ0n) is 11.0. The molecule has 0 bridgehead atoms. The van der Waals surface area contributed by atoms with Crippen LogP contribution in [0.1, 0.15) is 31.4 Å². The number of nitrogens with zero attached hydrogens (tertiary/aromatic N) is 2. The molecule has 1 fully saturated rings. The van der Waals surface area contributed by atoms with Gasteiger partial charge in [-0.1, -0.05) is 0 Å². The molecule has 1 saturated heterocycles. The molecule has 5 nitrogen and oxygen atoms in total. The van der Waals surface area contributed by atoms with Gasteiger partial charge in [-0.05, 0) is 44.3 Å². The molecular formula is C13H22N4O. The topological polar surface area (TPSA) is 59.0 Å². The maximum absolute atomic E-state index is 11.7. The van der Waals surface area contributed by atoms with Gasteiger partial charge in [-0.3, -0.25) is 9.48 Å². The van der Waals surface area contributed by atoms with Crippen molar-refractivity contribution in [2.45, 2.75) is 32.2 Å². The fourth-order valence-electron chi connectivity index (χ4n) is 2.36. The van der Waals surface area contributed by atoms with Crippen LogP contribution in [0.15, 0.2) is 12.3 Å². The monoisotopic (exact) mass is 250 g/mol. The number of hydrogen-bond acceptors (Lipinski definition) is 3. The van der Waals surface area contributed by atoms with Crippen molar-refractivity contribution in [3.05, 3.63) is 18.0 Å². The quantitative estimate of drug-likeness (QED) is 0.813. The predicted molar refractivity (Wildman–Crippen MR) is 69.9 cm³/mol. The van der Waals surface area contributed by atoms with E-state index in [-0.39, 0.29) is 5.91 Å².